The second-order valence-corrected chi connectivity index (χ2v) is 6.19. The Morgan fingerprint density at radius 1 is 1.12 bits per heavy atom. The molecular weight excluding hydrogens is 346 g/mol. The molecule has 0 bridgehead atoms. The number of esters is 1. The van der Waals surface area contributed by atoms with E-state index in [9.17, 15) is 13.6 Å². The minimum absolute atomic E-state index is 0.0242. The van der Waals surface area contributed by atoms with Crippen LogP contribution in [0, 0.1) is 11.6 Å². The molecule has 0 unspecified atom stereocenters. The highest BCUT2D eigenvalue weighted by molar-refractivity contribution is 8.00. The minimum atomic E-state index is -0.935. The first-order valence-corrected chi connectivity index (χ1v) is 8.43. The quantitative estimate of drug-likeness (QED) is 0.493. The van der Waals surface area contributed by atoms with E-state index in [1.54, 1.807) is 10.9 Å². The molecule has 0 aliphatic rings. The van der Waals surface area contributed by atoms with E-state index in [4.69, 9.17) is 4.74 Å². The summed E-state index contributed by atoms with van der Waals surface area (Å²) in [5, 5.41) is 4.13. The van der Waals surface area contributed by atoms with Crippen molar-refractivity contribution in [1.29, 1.82) is 0 Å². The first-order chi connectivity index (χ1) is 12.1. The molecule has 0 aliphatic carbocycles. The topological polar surface area (TPSA) is 44.1 Å². The molecule has 1 aromatic heterocycles. The van der Waals surface area contributed by atoms with E-state index in [1.165, 1.54) is 6.07 Å². The van der Waals surface area contributed by atoms with Gasteiger partial charge in [0.05, 0.1) is 11.4 Å². The van der Waals surface area contributed by atoms with Gasteiger partial charge >= 0.3 is 5.97 Å². The van der Waals surface area contributed by atoms with Crippen LogP contribution in [0.2, 0.25) is 0 Å². The Bertz CT molecular complexity index is 852. The Morgan fingerprint density at radius 2 is 1.92 bits per heavy atom. The van der Waals surface area contributed by atoms with E-state index < -0.39 is 17.6 Å². The van der Waals surface area contributed by atoms with Crippen molar-refractivity contribution in [3.05, 3.63) is 78.1 Å². The lowest BCUT2D eigenvalue weighted by Crippen LogP contribution is -2.07. The van der Waals surface area contributed by atoms with E-state index in [1.807, 2.05) is 36.5 Å². The summed E-state index contributed by atoms with van der Waals surface area (Å²) in [5.74, 6) is -2.25. The van der Waals surface area contributed by atoms with Crippen LogP contribution in [0.1, 0.15) is 5.56 Å². The number of nitrogens with zero attached hydrogens (tertiary/aromatic N) is 2. The molecule has 3 aromatic rings. The van der Waals surface area contributed by atoms with Gasteiger partial charge in [-0.15, -0.1) is 11.8 Å². The Hall–Kier alpha value is -2.67. The third-order valence-corrected chi connectivity index (χ3v) is 4.32. The van der Waals surface area contributed by atoms with Crippen LogP contribution < -0.4 is 0 Å². The van der Waals surface area contributed by atoms with Crippen LogP contribution in [0.15, 0.2) is 65.8 Å². The zero-order valence-corrected chi connectivity index (χ0v) is 13.9. The zero-order valence-electron chi connectivity index (χ0n) is 13.1. The number of benzene rings is 2. The molecule has 0 aliphatic heterocycles. The van der Waals surface area contributed by atoms with Gasteiger partial charge in [0.2, 0.25) is 0 Å². The maximum absolute atomic E-state index is 13.1. The normalized spacial score (nSPS) is 10.6. The summed E-state index contributed by atoms with van der Waals surface area (Å²) in [7, 11) is 0. The van der Waals surface area contributed by atoms with Gasteiger partial charge in [0.15, 0.2) is 11.6 Å². The molecule has 0 fully saturated rings. The number of hydrogen-bond acceptors (Lipinski definition) is 4. The fourth-order valence-corrected chi connectivity index (χ4v) is 2.80. The highest BCUT2D eigenvalue weighted by atomic mass is 32.2. The van der Waals surface area contributed by atoms with Crippen molar-refractivity contribution in [1.82, 2.24) is 9.78 Å². The van der Waals surface area contributed by atoms with E-state index in [2.05, 4.69) is 5.10 Å². The predicted molar refractivity (Wildman–Crippen MR) is 90.4 cm³/mol. The van der Waals surface area contributed by atoms with Gasteiger partial charge in [-0.1, -0.05) is 12.1 Å². The number of thioether (sulfide) groups is 1. The van der Waals surface area contributed by atoms with Crippen molar-refractivity contribution in [2.24, 2.45) is 0 Å². The van der Waals surface area contributed by atoms with Crippen LogP contribution in [0.5, 0.6) is 0 Å². The number of halogens is 2. The molecule has 0 spiro atoms. The molecule has 0 saturated heterocycles. The Balaban J connectivity index is 1.48. The first-order valence-electron chi connectivity index (χ1n) is 7.44. The summed E-state index contributed by atoms with van der Waals surface area (Å²) in [6, 6.07) is 12.8. The summed E-state index contributed by atoms with van der Waals surface area (Å²) in [6.07, 6.45) is 3.53. The van der Waals surface area contributed by atoms with Crippen LogP contribution in [0.25, 0.3) is 5.69 Å². The second kappa shape index (κ2) is 7.94. The number of hydrogen-bond donors (Lipinski definition) is 0. The lowest BCUT2D eigenvalue weighted by atomic mass is 10.2. The van der Waals surface area contributed by atoms with Gasteiger partial charge in [0.25, 0.3) is 0 Å². The maximum atomic E-state index is 13.1. The molecule has 4 nitrogen and oxygen atoms in total. The van der Waals surface area contributed by atoms with E-state index in [0.29, 0.717) is 4.90 Å². The van der Waals surface area contributed by atoms with Gasteiger partial charge in [-0.25, -0.2) is 13.5 Å². The standard InChI is InChI=1S/C18H14F2N2O2S/c19-16-7-6-15(10-17(16)20)25-12-18(23)24-11-13-2-4-14(5-3-13)22-9-1-8-21-22/h1-10H,11-12H2. The third-order valence-electron chi connectivity index (χ3n) is 3.35. The number of carbonyl (C=O) groups is 1. The van der Waals surface area contributed by atoms with Crippen molar-refractivity contribution < 1.29 is 18.3 Å². The van der Waals surface area contributed by atoms with Crippen LogP contribution >= 0.6 is 11.8 Å². The van der Waals surface area contributed by atoms with Gasteiger partial charge in [-0.05, 0) is 42.0 Å². The third kappa shape index (κ3) is 4.67. The molecule has 25 heavy (non-hydrogen) atoms. The Kier molecular flexibility index (Phi) is 5.45. The Morgan fingerprint density at radius 3 is 2.60 bits per heavy atom. The Labute approximate surface area is 147 Å². The monoisotopic (exact) mass is 360 g/mol. The number of carbonyl (C=O) groups excluding carboxylic acids is 1. The summed E-state index contributed by atoms with van der Waals surface area (Å²) < 4.78 is 32.9. The van der Waals surface area contributed by atoms with Crippen molar-refractivity contribution in [2.45, 2.75) is 11.5 Å². The van der Waals surface area contributed by atoms with Gasteiger partial charge < -0.3 is 4.74 Å². The van der Waals surface area contributed by atoms with Crippen LogP contribution in [0.3, 0.4) is 0 Å². The van der Waals surface area contributed by atoms with E-state index in [0.717, 1.165) is 35.1 Å². The molecular formula is C18H14F2N2O2S. The fourth-order valence-electron chi connectivity index (χ4n) is 2.08. The minimum Gasteiger partial charge on any atom is -0.460 e. The summed E-state index contributed by atoms with van der Waals surface area (Å²) >= 11 is 1.09. The number of ether oxygens (including phenoxy) is 1. The molecule has 0 N–H and O–H groups in total. The highest BCUT2D eigenvalue weighted by Crippen LogP contribution is 2.20. The van der Waals surface area contributed by atoms with E-state index >= 15 is 0 Å². The lowest BCUT2D eigenvalue weighted by molar-refractivity contribution is -0.141. The molecule has 0 saturated carbocycles. The number of rotatable bonds is 6. The maximum Gasteiger partial charge on any atom is 0.316 e. The first kappa shape index (κ1) is 17.2. The average Bonchev–Trinajstić information content (AvgIpc) is 3.16. The van der Waals surface area contributed by atoms with Gasteiger partial charge in [-0.3, -0.25) is 4.79 Å². The van der Waals surface area contributed by atoms with Gasteiger partial charge in [-0.2, -0.15) is 5.10 Å². The molecule has 3 rings (SSSR count). The molecule has 128 valence electrons. The van der Waals surface area contributed by atoms with E-state index in [-0.39, 0.29) is 12.4 Å². The fraction of sp³-hybridized carbons (Fsp3) is 0.111. The summed E-state index contributed by atoms with van der Waals surface area (Å²) in [5.41, 5.74) is 1.76. The molecule has 2 aromatic carbocycles. The smallest absolute Gasteiger partial charge is 0.316 e. The highest BCUT2D eigenvalue weighted by Gasteiger charge is 2.08. The van der Waals surface area contributed by atoms with Crippen molar-refractivity contribution in [2.75, 3.05) is 5.75 Å². The molecule has 0 amide bonds. The van der Waals surface area contributed by atoms with Crippen LogP contribution in [-0.4, -0.2) is 21.5 Å². The summed E-state index contributed by atoms with van der Waals surface area (Å²) in [6.45, 7) is 0.149. The molecule has 7 heteroatoms. The average molecular weight is 360 g/mol. The zero-order chi connectivity index (χ0) is 17.6. The molecule has 1 heterocycles. The molecule has 0 radical (unpaired) electrons. The largest absolute Gasteiger partial charge is 0.460 e. The van der Waals surface area contributed by atoms with Crippen LogP contribution in [0.4, 0.5) is 8.78 Å². The predicted octanol–water partition coefficient (Wildman–Crippen LogP) is 3.99. The van der Waals surface area contributed by atoms with Crippen molar-refractivity contribution in [3.63, 3.8) is 0 Å². The van der Waals surface area contributed by atoms with Gasteiger partial charge in [0.1, 0.15) is 6.61 Å². The van der Waals surface area contributed by atoms with Crippen molar-refractivity contribution in [3.8, 4) is 5.69 Å². The molecule has 0 atom stereocenters. The second-order valence-electron chi connectivity index (χ2n) is 5.14. The SMILES string of the molecule is O=C(CSc1ccc(F)c(F)c1)OCc1ccc(-n2cccn2)cc1. The summed E-state index contributed by atoms with van der Waals surface area (Å²) in [4.78, 5) is 12.2. The number of aromatic nitrogens is 2. The van der Waals surface area contributed by atoms with Gasteiger partial charge in [0, 0.05) is 17.3 Å². The lowest BCUT2D eigenvalue weighted by Gasteiger charge is -2.07. The van der Waals surface area contributed by atoms with Crippen molar-refractivity contribution >= 4 is 17.7 Å². The van der Waals surface area contributed by atoms with Crippen LogP contribution in [-0.2, 0) is 16.1 Å².